The lowest BCUT2D eigenvalue weighted by Gasteiger charge is -2.30. The number of pyridine rings is 1. The summed E-state index contributed by atoms with van der Waals surface area (Å²) in [6, 6.07) is 9.00. The zero-order chi connectivity index (χ0) is 22.2. The van der Waals surface area contributed by atoms with Crippen LogP contribution in [0, 0.1) is 6.92 Å². The molecule has 0 unspecified atom stereocenters. The first-order valence-electron chi connectivity index (χ1n) is 10.7. The van der Waals surface area contributed by atoms with Crippen LogP contribution in [-0.2, 0) is 0 Å². The lowest BCUT2D eigenvalue weighted by atomic mass is 10.1. The molecule has 1 fully saturated rings. The summed E-state index contributed by atoms with van der Waals surface area (Å²) in [5, 5.41) is 7.34. The van der Waals surface area contributed by atoms with Gasteiger partial charge in [-0.1, -0.05) is 0 Å². The van der Waals surface area contributed by atoms with Crippen LogP contribution in [0.25, 0.3) is 5.69 Å². The zero-order valence-corrected chi connectivity index (χ0v) is 18.1. The maximum absolute atomic E-state index is 13.3. The van der Waals surface area contributed by atoms with Crippen LogP contribution in [0.5, 0.6) is 11.5 Å². The van der Waals surface area contributed by atoms with Gasteiger partial charge in [0, 0.05) is 18.3 Å². The Bertz CT molecular complexity index is 1220. The van der Waals surface area contributed by atoms with Gasteiger partial charge in [0.15, 0.2) is 11.5 Å². The molecule has 9 heteroatoms. The van der Waals surface area contributed by atoms with Crippen LogP contribution in [0.4, 0.5) is 5.82 Å². The van der Waals surface area contributed by atoms with Gasteiger partial charge < -0.3 is 19.7 Å². The van der Waals surface area contributed by atoms with Gasteiger partial charge in [-0.25, -0.2) is 4.68 Å². The predicted molar refractivity (Wildman–Crippen MR) is 119 cm³/mol. The highest BCUT2D eigenvalue weighted by Crippen LogP contribution is 2.33. The molecule has 3 aromatic rings. The number of piperidine rings is 1. The van der Waals surface area contributed by atoms with E-state index in [1.807, 2.05) is 4.68 Å². The Morgan fingerprint density at radius 1 is 1.12 bits per heavy atom. The van der Waals surface area contributed by atoms with Gasteiger partial charge in [0.25, 0.3) is 11.5 Å². The second-order valence-corrected chi connectivity index (χ2v) is 8.24. The molecule has 0 aliphatic carbocycles. The van der Waals surface area contributed by atoms with Crippen molar-refractivity contribution in [1.82, 2.24) is 19.2 Å². The molecule has 1 amide bonds. The number of carbonyl (C=O) groups excluding carboxylic acids is 1. The fourth-order valence-corrected chi connectivity index (χ4v) is 4.26. The molecule has 0 spiro atoms. The number of rotatable bonds is 4. The van der Waals surface area contributed by atoms with Crippen LogP contribution >= 0.6 is 0 Å². The quantitative estimate of drug-likeness (QED) is 0.678. The van der Waals surface area contributed by atoms with E-state index >= 15 is 0 Å². The minimum atomic E-state index is -0.447. The Labute approximate surface area is 185 Å². The normalized spacial score (nSPS) is 16.3. The van der Waals surface area contributed by atoms with E-state index in [2.05, 4.69) is 22.4 Å². The number of nitrogens with one attached hydrogen (secondary N) is 1. The van der Waals surface area contributed by atoms with Gasteiger partial charge in [-0.15, -0.1) is 0 Å². The van der Waals surface area contributed by atoms with Crippen molar-refractivity contribution in [2.45, 2.75) is 25.8 Å². The van der Waals surface area contributed by atoms with Crippen molar-refractivity contribution in [2.24, 2.45) is 0 Å². The summed E-state index contributed by atoms with van der Waals surface area (Å²) in [5.74, 6) is 1.36. The van der Waals surface area contributed by atoms with Crippen molar-refractivity contribution in [3.63, 3.8) is 0 Å². The Balaban J connectivity index is 1.43. The minimum Gasteiger partial charge on any atom is -0.454 e. The standard InChI is InChI=1S/C23H25N5O4/c1-15-6-12-27(17-3-4-18-19(13-17)32-14-31-18)23(30)21(15)22(29)25-20-5-9-24-28(20)16-7-10-26(2)11-8-16/h3-6,9,12-13,16H,7-8,10-11,14H2,1-2H3,(H,25,29). The first kappa shape index (κ1) is 20.3. The van der Waals surface area contributed by atoms with E-state index in [-0.39, 0.29) is 18.4 Å². The third-order valence-corrected chi connectivity index (χ3v) is 6.11. The molecule has 5 rings (SSSR count). The van der Waals surface area contributed by atoms with Crippen molar-refractivity contribution in [1.29, 1.82) is 0 Å². The fraction of sp³-hybridized carbons (Fsp3) is 0.348. The second-order valence-electron chi connectivity index (χ2n) is 8.24. The molecule has 0 saturated carbocycles. The number of benzene rings is 1. The van der Waals surface area contributed by atoms with E-state index in [0.29, 0.717) is 28.6 Å². The van der Waals surface area contributed by atoms with E-state index in [1.165, 1.54) is 4.57 Å². The number of aryl methyl sites for hydroxylation is 1. The number of amides is 1. The number of hydrogen-bond acceptors (Lipinski definition) is 6. The monoisotopic (exact) mass is 435 g/mol. The first-order valence-corrected chi connectivity index (χ1v) is 10.7. The molecule has 0 radical (unpaired) electrons. The van der Waals surface area contributed by atoms with Crippen LogP contribution in [0.15, 0.2) is 47.5 Å². The smallest absolute Gasteiger partial charge is 0.268 e. The molecule has 4 heterocycles. The summed E-state index contributed by atoms with van der Waals surface area (Å²) in [5.41, 5.74) is 0.910. The van der Waals surface area contributed by atoms with Gasteiger partial charge in [-0.05, 0) is 63.7 Å². The van der Waals surface area contributed by atoms with E-state index < -0.39 is 11.5 Å². The number of nitrogens with zero attached hydrogens (tertiary/aromatic N) is 4. The van der Waals surface area contributed by atoms with Gasteiger partial charge >= 0.3 is 0 Å². The molecule has 2 aromatic heterocycles. The number of anilines is 1. The summed E-state index contributed by atoms with van der Waals surface area (Å²) in [4.78, 5) is 28.8. The van der Waals surface area contributed by atoms with Crippen molar-refractivity contribution >= 4 is 11.7 Å². The molecular formula is C23H25N5O4. The number of likely N-dealkylation sites (tertiary alicyclic amines) is 1. The molecule has 1 N–H and O–H groups in total. The van der Waals surface area contributed by atoms with Crippen LogP contribution < -0.4 is 20.3 Å². The fourth-order valence-electron chi connectivity index (χ4n) is 4.26. The average molecular weight is 435 g/mol. The van der Waals surface area contributed by atoms with Gasteiger partial charge in [0.2, 0.25) is 6.79 Å². The predicted octanol–water partition coefficient (Wildman–Crippen LogP) is 2.59. The molecule has 166 valence electrons. The summed E-state index contributed by atoms with van der Waals surface area (Å²) >= 11 is 0. The molecule has 9 nitrogen and oxygen atoms in total. The Morgan fingerprint density at radius 2 is 1.91 bits per heavy atom. The van der Waals surface area contributed by atoms with Crippen LogP contribution in [0.3, 0.4) is 0 Å². The summed E-state index contributed by atoms with van der Waals surface area (Å²) in [7, 11) is 2.10. The van der Waals surface area contributed by atoms with Gasteiger partial charge in [0.05, 0.1) is 17.9 Å². The third-order valence-electron chi connectivity index (χ3n) is 6.11. The Morgan fingerprint density at radius 3 is 2.72 bits per heavy atom. The third kappa shape index (κ3) is 3.64. The van der Waals surface area contributed by atoms with Crippen molar-refractivity contribution in [3.05, 3.63) is 64.2 Å². The van der Waals surface area contributed by atoms with E-state index in [1.54, 1.807) is 49.6 Å². The maximum atomic E-state index is 13.3. The van der Waals surface area contributed by atoms with Gasteiger partial charge in [-0.2, -0.15) is 5.10 Å². The van der Waals surface area contributed by atoms with E-state index in [9.17, 15) is 9.59 Å². The zero-order valence-electron chi connectivity index (χ0n) is 18.1. The Kier molecular flexibility index (Phi) is 5.18. The minimum absolute atomic E-state index is 0.0984. The number of carbonyl (C=O) groups is 1. The molecule has 1 saturated heterocycles. The van der Waals surface area contributed by atoms with Crippen molar-refractivity contribution < 1.29 is 14.3 Å². The summed E-state index contributed by atoms with van der Waals surface area (Å²) in [6.45, 7) is 3.88. The van der Waals surface area contributed by atoms with Crippen LogP contribution in [-0.4, -0.2) is 52.1 Å². The molecule has 0 atom stereocenters. The second kappa shape index (κ2) is 8.16. The van der Waals surface area contributed by atoms with Gasteiger partial charge in [-0.3, -0.25) is 14.2 Å². The summed E-state index contributed by atoms with van der Waals surface area (Å²) in [6.07, 6.45) is 5.26. The number of aromatic nitrogens is 3. The number of fused-ring (bicyclic) bond motifs is 1. The average Bonchev–Trinajstić information content (AvgIpc) is 3.43. The molecule has 0 bridgehead atoms. The highest BCUT2D eigenvalue weighted by molar-refractivity contribution is 6.04. The lowest BCUT2D eigenvalue weighted by Crippen LogP contribution is -2.33. The summed E-state index contributed by atoms with van der Waals surface area (Å²) < 4.78 is 14.1. The molecule has 32 heavy (non-hydrogen) atoms. The molecule has 2 aliphatic heterocycles. The van der Waals surface area contributed by atoms with Gasteiger partial charge in [0.1, 0.15) is 11.4 Å². The number of ether oxygens (including phenoxy) is 2. The highest BCUT2D eigenvalue weighted by atomic mass is 16.7. The SMILES string of the molecule is Cc1ccn(-c2ccc3c(c2)OCO3)c(=O)c1C(=O)Nc1ccnn1C1CCN(C)CC1. The highest BCUT2D eigenvalue weighted by Gasteiger charge is 2.23. The van der Waals surface area contributed by atoms with Crippen LogP contribution in [0.1, 0.15) is 34.8 Å². The molecular weight excluding hydrogens is 410 g/mol. The first-order chi connectivity index (χ1) is 15.5. The maximum Gasteiger partial charge on any atom is 0.268 e. The number of hydrogen-bond donors (Lipinski definition) is 1. The van der Waals surface area contributed by atoms with E-state index in [4.69, 9.17) is 9.47 Å². The molecule has 1 aromatic carbocycles. The lowest BCUT2D eigenvalue weighted by molar-refractivity contribution is 0.102. The van der Waals surface area contributed by atoms with Crippen molar-refractivity contribution in [3.8, 4) is 17.2 Å². The topological polar surface area (TPSA) is 90.6 Å². The largest absolute Gasteiger partial charge is 0.454 e. The molecule has 2 aliphatic rings. The Hall–Kier alpha value is -3.59. The van der Waals surface area contributed by atoms with Crippen LogP contribution in [0.2, 0.25) is 0 Å². The van der Waals surface area contributed by atoms with Crippen molar-refractivity contribution in [2.75, 3.05) is 32.2 Å². The van der Waals surface area contributed by atoms with E-state index in [0.717, 1.165) is 25.9 Å².